The quantitative estimate of drug-likeness (QED) is 0.755. The van der Waals surface area contributed by atoms with Gasteiger partial charge in [0.2, 0.25) is 15.9 Å². The lowest BCUT2D eigenvalue weighted by Gasteiger charge is -2.35. The van der Waals surface area contributed by atoms with Crippen LogP contribution >= 0.6 is 11.3 Å². The lowest BCUT2D eigenvalue weighted by molar-refractivity contribution is -0.133. The van der Waals surface area contributed by atoms with E-state index in [1.165, 1.54) is 4.31 Å². The molecule has 3 heterocycles. The third-order valence-electron chi connectivity index (χ3n) is 4.83. The van der Waals surface area contributed by atoms with E-state index in [4.69, 9.17) is 0 Å². The van der Waals surface area contributed by atoms with Crippen LogP contribution in [0.5, 0.6) is 0 Å². The zero-order valence-electron chi connectivity index (χ0n) is 15.1. The highest BCUT2D eigenvalue weighted by atomic mass is 32.2. The van der Waals surface area contributed by atoms with Crippen molar-refractivity contribution >= 4 is 27.3 Å². The Morgan fingerprint density at radius 3 is 2.35 bits per heavy atom. The molecule has 1 fully saturated rings. The Kier molecular flexibility index (Phi) is 5.84. The van der Waals surface area contributed by atoms with Crippen molar-refractivity contribution in [3.63, 3.8) is 0 Å². The van der Waals surface area contributed by atoms with E-state index < -0.39 is 15.3 Å². The number of piperazine rings is 1. The predicted octanol–water partition coefficient (Wildman–Crippen LogP) is 2.41. The molecule has 3 rings (SSSR count). The Morgan fingerprint density at radius 2 is 1.81 bits per heavy atom. The summed E-state index contributed by atoms with van der Waals surface area (Å²) in [6, 6.07) is 5.94. The smallest absolute Gasteiger partial charge is 0.225 e. The largest absolute Gasteiger partial charge is 0.346 e. The fourth-order valence-corrected chi connectivity index (χ4v) is 5.18. The summed E-state index contributed by atoms with van der Waals surface area (Å²) >= 11 is 1.62. The first-order valence-corrected chi connectivity index (χ1v) is 11.3. The maximum atomic E-state index is 12.8. The number of thiophene rings is 1. The van der Waals surface area contributed by atoms with Gasteiger partial charge in [-0.1, -0.05) is 0 Å². The molecule has 2 aromatic heterocycles. The predicted molar refractivity (Wildman–Crippen MR) is 104 cm³/mol. The first-order chi connectivity index (χ1) is 12.4. The molecule has 0 N–H and O–H groups in total. The Balaban J connectivity index is 1.65. The average molecular weight is 396 g/mol. The summed E-state index contributed by atoms with van der Waals surface area (Å²) in [7, 11) is -3.25. The van der Waals surface area contributed by atoms with Crippen LogP contribution in [0.4, 0.5) is 0 Å². The molecular formula is C18H25N3O3S2. The van der Waals surface area contributed by atoms with Crippen LogP contribution in [0.3, 0.4) is 0 Å². The van der Waals surface area contributed by atoms with Crippen molar-refractivity contribution in [2.24, 2.45) is 0 Å². The van der Waals surface area contributed by atoms with Crippen molar-refractivity contribution < 1.29 is 13.2 Å². The fourth-order valence-electron chi connectivity index (χ4n) is 3.20. The summed E-state index contributed by atoms with van der Waals surface area (Å²) in [6.45, 7) is 5.03. The highest BCUT2D eigenvalue weighted by molar-refractivity contribution is 7.89. The van der Waals surface area contributed by atoms with Gasteiger partial charge in [-0.15, -0.1) is 0 Å². The van der Waals surface area contributed by atoms with Crippen LogP contribution in [0.1, 0.15) is 31.9 Å². The van der Waals surface area contributed by atoms with E-state index in [9.17, 15) is 13.2 Å². The van der Waals surface area contributed by atoms with Gasteiger partial charge in [-0.2, -0.15) is 15.6 Å². The monoisotopic (exact) mass is 395 g/mol. The Labute approximate surface area is 159 Å². The SMILES string of the molecule is CC(C)S(=O)(=O)N1CCN(C(=O)C[C@H](c2ccsc2)n2cccc2)CC1. The van der Waals surface area contributed by atoms with Crippen LogP contribution in [0.2, 0.25) is 0 Å². The van der Waals surface area contributed by atoms with Gasteiger partial charge in [0.1, 0.15) is 0 Å². The summed E-state index contributed by atoms with van der Waals surface area (Å²) in [5.74, 6) is 0.0662. The van der Waals surface area contributed by atoms with Crippen molar-refractivity contribution in [2.45, 2.75) is 31.6 Å². The highest BCUT2D eigenvalue weighted by Crippen LogP contribution is 2.26. The fraction of sp³-hybridized carbons (Fsp3) is 0.500. The number of nitrogens with zero attached hydrogens (tertiary/aromatic N) is 3. The van der Waals surface area contributed by atoms with Crippen molar-refractivity contribution in [1.29, 1.82) is 0 Å². The minimum atomic E-state index is -3.25. The molecular weight excluding hydrogens is 370 g/mol. The first-order valence-electron chi connectivity index (χ1n) is 8.81. The van der Waals surface area contributed by atoms with Gasteiger partial charge in [-0.3, -0.25) is 4.79 Å². The van der Waals surface area contributed by atoms with Gasteiger partial charge >= 0.3 is 0 Å². The number of hydrogen-bond acceptors (Lipinski definition) is 4. The van der Waals surface area contributed by atoms with E-state index in [1.54, 1.807) is 30.1 Å². The molecule has 0 aliphatic carbocycles. The van der Waals surface area contributed by atoms with E-state index in [2.05, 4.69) is 16.0 Å². The van der Waals surface area contributed by atoms with Crippen LogP contribution in [0.15, 0.2) is 41.4 Å². The molecule has 1 atom stereocenters. The number of rotatable bonds is 6. The number of sulfonamides is 1. The molecule has 2 aromatic rings. The number of hydrogen-bond donors (Lipinski definition) is 0. The second-order valence-electron chi connectivity index (χ2n) is 6.78. The summed E-state index contributed by atoms with van der Waals surface area (Å²) in [6.07, 6.45) is 4.33. The second kappa shape index (κ2) is 7.94. The number of aromatic nitrogens is 1. The van der Waals surface area contributed by atoms with Crippen LogP contribution < -0.4 is 0 Å². The standard InChI is InChI=1S/C18H25N3O3S2/c1-15(2)26(23,24)21-10-8-20(9-11-21)18(22)13-17(16-5-12-25-14-16)19-6-3-4-7-19/h3-7,12,14-15,17H,8-11,13H2,1-2H3/t17-/m1/s1. The number of carbonyl (C=O) groups is 1. The Morgan fingerprint density at radius 1 is 1.15 bits per heavy atom. The molecule has 0 unspecified atom stereocenters. The number of amides is 1. The van der Waals surface area contributed by atoms with Crippen LogP contribution in [-0.2, 0) is 14.8 Å². The van der Waals surface area contributed by atoms with Crippen molar-refractivity contribution in [3.8, 4) is 0 Å². The van der Waals surface area contributed by atoms with Gasteiger partial charge < -0.3 is 9.47 Å². The molecule has 1 amide bonds. The molecule has 0 spiro atoms. The van der Waals surface area contributed by atoms with E-state index in [0.717, 1.165) is 5.56 Å². The molecule has 0 radical (unpaired) electrons. The second-order valence-corrected chi connectivity index (χ2v) is 10.0. The molecule has 6 nitrogen and oxygen atoms in total. The van der Waals surface area contributed by atoms with Gasteiger partial charge in [-0.25, -0.2) is 8.42 Å². The Hall–Kier alpha value is -1.64. The van der Waals surface area contributed by atoms with Crippen LogP contribution in [0, 0.1) is 0 Å². The van der Waals surface area contributed by atoms with Crippen LogP contribution in [0.25, 0.3) is 0 Å². The van der Waals surface area contributed by atoms with Crippen LogP contribution in [-0.4, -0.2) is 59.5 Å². The molecule has 0 bridgehead atoms. The molecule has 0 saturated carbocycles. The highest BCUT2D eigenvalue weighted by Gasteiger charge is 2.31. The molecule has 142 valence electrons. The third kappa shape index (κ3) is 4.02. The zero-order chi connectivity index (χ0) is 18.7. The Bertz CT molecular complexity index is 772. The van der Waals surface area contributed by atoms with Gasteiger partial charge in [0.05, 0.1) is 17.7 Å². The molecule has 1 aliphatic heterocycles. The van der Waals surface area contributed by atoms with E-state index in [0.29, 0.717) is 32.6 Å². The molecule has 26 heavy (non-hydrogen) atoms. The van der Waals surface area contributed by atoms with Gasteiger partial charge in [0.15, 0.2) is 0 Å². The lowest BCUT2D eigenvalue weighted by atomic mass is 10.1. The van der Waals surface area contributed by atoms with E-state index in [1.807, 2.05) is 29.9 Å². The van der Waals surface area contributed by atoms with Crippen molar-refractivity contribution in [2.75, 3.05) is 26.2 Å². The van der Waals surface area contributed by atoms with Crippen molar-refractivity contribution in [1.82, 2.24) is 13.8 Å². The molecule has 8 heteroatoms. The maximum absolute atomic E-state index is 12.8. The summed E-state index contributed by atoms with van der Waals surface area (Å²) in [5, 5.41) is 3.66. The molecule has 1 saturated heterocycles. The topological polar surface area (TPSA) is 62.6 Å². The normalized spacial score (nSPS) is 17.6. The zero-order valence-corrected chi connectivity index (χ0v) is 16.7. The summed E-state index contributed by atoms with van der Waals surface area (Å²) < 4.78 is 28.1. The summed E-state index contributed by atoms with van der Waals surface area (Å²) in [4.78, 5) is 14.6. The maximum Gasteiger partial charge on any atom is 0.225 e. The average Bonchev–Trinajstić information content (AvgIpc) is 3.33. The van der Waals surface area contributed by atoms with Gasteiger partial charge in [0, 0.05) is 38.6 Å². The minimum absolute atomic E-state index is 0.0267. The van der Waals surface area contributed by atoms with E-state index >= 15 is 0 Å². The third-order valence-corrected chi connectivity index (χ3v) is 7.81. The first kappa shape index (κ1) is 19.1. The van der Waals surface area contributed by atoms with Gasteiger partial charge in [0.25, 0.3) is 0 Å². The van der Waals surface area contributed by atoms with Crippen molar-refractivity contribution in [3.05, 3.63) is 46.9 Å². The minimum Gasteiger partial charge on any atom is -0.346 e. The number of carbonyl (C=O) groups excluding carboxylic acids is 1. The van der Waals surface area contributed by atoms with Gasteiger partial charge in [-0.05, 0) is 48.4 Å². The summed E-state index contributed by atoms with van der Waals surface area (Å²) in [5.41, 5.74) is 1.13. The molecule has 0 aromatic carbocycles. The lowest BCUT2D eigenvalue weighted by Crippen LogP contribution is -2.52. The molecule has 1 aliphatic rings. The van der Waals surface area contributed by atoms with E-state index in [-0.39, 0.29) is 11.9 Å².